The van der Waals surface area contributed by atoms with Gasteiger partial charge in [0.05, 0.1) is 29.2 Å². The summed E-state index contributed by atoms with van der Waals surface area (Å²) in [6.45, 7) is 7.53. The molecule has 1 aliphatic rings. The number of aromatic amines is 1. The van der Waals surface area contributed by atoms with Crippen molar-refractivity contribution in [3.05, 3.63) is 34.9 Å². The fraction of sp³-hybridized carbons (Fsp3) is 0.562. The molecule has 3 heterocycles. The van der Waals surface area contributed by atoms with Gasteiger partial charge in [0.25, 0.3) is 5.91 Å². The van der Waals surface area contributed by atoms with E-state index in [-0.39, 0.29) is 11.9 Å². The van der Waals surface area contributed by atoms with Crippen LogP contribution in [0.4, 0.5) is 0 Å². The molecule has 1 fully saturated rings. The molecule has 0 radical (unpaired) electrons. The summed E-state index contributed by atoms with van der Waals surface area (Å²) in [6, 6.07) is 0.0909. The highest BCUT2D eigenvalue weighted by Crippen LogP contribution is 2.32. The summed E-state index contributed by atoms with van der Waals surface area (Å²) in [4.78, 5) is 15.0. The molecular weight excluding hydrogens is 278 g/mol. The molecule has 6 heteroatoms. The number of H-pyrrole nitrogens is 1. The van der Waals surface area contributed by atoms with Crippen molar-refractivity contribution >= 4 is 5.91 Å². The first-order valence-corrected chi connectivity index (χ1v) is 7.96. The summed E-state index contributed by atoms with van der Waals surface area (Å²) >= 11 is 0. The van der Waals surface area contributed by atoms with Crippen LogP contribution in [0.1, 0.15) is 59.5 Å². The second-order valence-corrected chi connectivity index (χ2v) is 5.96. The Labute approximate surface area is 130 Å². The molecular formula is C16H23N5O. The quantitative estimate of drug-likeness (QED) is 0.947. The van der Waals surface area contributed by atoms with Gasteiger partial charge in [0.2, 0.25) is 0 Å². The van der Waals surface area contributed by atoms with Gasteiger partial charge in [-0.05, 0) is 45.6 Å². The summed E-state index contributed by atoms with van der Waals surface area (Å²) in [5.74, 6) is 0.0795. The molecule has 1 saturated heterocycles. The minimum absolute atomic E-state index is 0.0795. The highest BCUT2D eigenvalue weighted by atomic mass is 16.2. The van der Waals surface area contributed by atoms with Gasteiger partial charge in [0, 0.05) is 19.3 Å². The summed E-state index contributed by atoms with van der Waals surface area (Å²) < 4.78 is 1.82. The highest BCUT2D eigenvalue weighted by molar-refractivity contribution is 5.95. The summed E-state index contributed by atoms with van der Waals surface area (Å²) in [7, 11) is 0. The number of hydrogen-bond donors (Lipinski definition) is 1. The lowest BCUT2D eigenvalue weighted by Crippen LogP contribution is -2.39. The van der Waals surface area contributed by atoms with Gasteiger partial charge in [0.1, 0.15) is 0 Å². The highest BCUT2D eigenvalue weighted by Gasteiger charge is 2.31. The smallest absolute Gasteiger partial charge is 0.257 e. The molecule has 6 nitrogen and oxygen atoms in total. The van der Waals surface area contributed by atoms with E-state index in [1.807, 2.05) is 42.7 Å². The molecule has 1 atom stereocenters. The van der Waals surface area contributed by atoms with E-state index in [2.05, 4.69) is 15.3 Å². The van der Waals surface area contributed by atoms with Crippen molar-refractivity contribution in [2.45, 2.75) is 52.6 Å². The fourth-order valence-corrected chi connectivity index (χ4v) is 3.21. The lowest BCUT2D eigenvalue weighted by molar-refractivity contribution is 0.0604. The van der Waals surface area contributed by atoms with Crippen LogP contribution in [0, 0.1) is 13.8 Å². The van der Waals surface area contributed by atoms with E-state index in [0.29, 0.717) is 5.56 Å². The predicted octanol–water partition coefficient (Wildman–Crippen LogP) is 2.61. The molecule has 1 aliphatic heterocycles. The topological polar surface area (TPSA) is 66.8 Å². The lowest BCUT2D eigenvalue weighted by Gasteiger charge is -2.35. The first kappa shape index (κ1) is 14.8. The molecule has 1 amide bonds. The molecule has 2 aromatic rings. The van der Waals surface area contributed by atoms with E-state index in [1.165, 1.54) is 0 Å². The monoisotopic (exact) mass is 301 g/mol. The fourth-order valence-electron chi connectivity index (χ4n) is 3.21. The van der Waals surface area contributed by atoms with Crippen LogP contribution in [-0.4, -0.2) is 37.3 Å². The predicted molar refractivity (Wildman–Crippen MR) is 83.6 cm³/mol. The van der Waals surface area contributed by atoms with E-state index in [9.17, 15) is 4.79 Å². The van der Waals surface area contributed by atoms with Gasteiger partial charge in [0.15, 0.2) is 0 Å². The molecule has 1 N–H and O–H groups in total. The number of nitrogens with one attached hydrogen (secondary N) is 1. The van der Waals surface area contributed by atoms with Crippen molar-refractivity contribution in [3.63, 3.8) is 0 Å². The third-order valence-electron chi connectivity index (χ3n) is 4.47. The molecule has 0 aliphatic carbocycles. The van der Waals surface area contributed by atoms with Gasteiger partial charge in [-0.1, -0.05) is 0 Å². The minimum Gasteiger partial charge on any atom is -0.330 e. The maximum absolute atomic E-state index is 13.0. The number of carbonyl (C=O) groups excluding carboxylic acids is 1. The molecule has 0 bridgehead atoms. The van der Waals surface area contributed by atoms with E-state index in [1.54, 1.807) is 0 Å². The molecule has 3 rings (SSSR count). The average Bonchev–Trinajstić information content (AvgIpc) is 3.12. The molecule has 0 unspecified atom stereocenters. The first-order valence-electron chi connectivity index (χ1n) is 7.96. The third kappa shape index (κ3) is 2.53. The van der Waals surface area contributed by atoms with Gasteiger partial charge in [-0.3, -0.25) is 14.6 Å². The van der Waals surface area contributed by atoms with E-state index < -0.39 is 0 Å². The van der Waals surface area contributed by atoms with Crippen LogP contribution in [0.5, 0.6) is 0 Å². The van der Waals surface area contributed by atoms with E-state index >= 15 is 0 Å². The van der Waals surface area contributed by atoms with E-state index in [0.717, 1.165) is 49.3 Å². The van der Waals surface area contributed by atoms with Crippen molar-refractivity contribution in [2.24, 2.45) is 0 Å². The molecule has 0 spiro atoms. The molecule has 0 saturated carbocycles. The zero-order valence-corrected chi connectivity index (χ0v) is 13.5. The Balaban J connectivity index is 1.91. The van der Waals surface area contributed by atoms with Crippen LogP contribution >= 0.6 is 0 Å². The Hall–Kier alpha value is -2.11. The number of likely N-dealkylation sites (tertiary alicyclic amines) is 1. The van der Waals surface area contributed by atoms with Crippen molar-refractivity contribution < 1.29 is 4.79 Å². The largest absolute Gasteiger partial charge is 0.330 e. The van der Waals surface area contributed by atoms with E-state index in [4.69, 9.17) is 0 Å². The van der Waals surface area contributed by atoms with Crippen molar-refractivity contribution in [2.75, 3.05) is 6.54 Å². The number of piperidine rings is 1. The number of hydrogen-bond acceptors (Lipinski definition) is 3. The molecule has 118 valence electrons. The average molecular weight is 301 g/mol. The van der Waals surface area contributed by atoms with Gasteiger partial charge in [-0.25, -0.2) is 0 Å². The minimum atomic E-state index is 0.0795. The van der Waals surface area contributed by atoms with Crippen LogP contribution in [0.2, 0.25) is 0 Å². The number of aromatic nitrogens is 4. The second-order valence-electron chi connectivity index (χ2n) is 5.96. The van der Waals surface area contributed by atoms with Crippen LogP contribution < -0.4 is 0 Å². The van der Waals surface area contributed by atoms with Gasteiger partial charge >= 0.3 is 0 Å². The molecule has 22 heavy (non-hydrogen) atoms. The Morgan fingerprint density at radius 3 is 2.86 bits per heavy atom. The standard InChI is InChI=1S/C16H23N5O/c1-4-20-10-13(12(3)19-20)16(22)21-8-6-5-7-14(21)15-11(2)9-17-18-15/h9-10,14H,4-8H2,1-3H3,(H,17,18)/t14-/m1/s1. The maximum atomic E-state index is 13.0. The Bertz CT molecular complexity index is 672. The first-order chi connectivity index (χ1) is 10.6. The van der Waals surface area contributed by atoms with Gasteiger partial charge in [-0.2, -0.15) is 10.2 Å². The molecule has 2 aromatic heterocycles. The second kappa shape index (κ2) is 5.94. The zero-order valence-electron chi connectivity index (χ0n) is 13.5. The van der Waals surface area contributed by atoms with Crippen molar-refractivity contribution in [3.8, 4) is 0 Å². The maximum Gasteiger partial charge on any atom is 0.257 e. The Morgan fingerprint density at radius 1 is 1.41 bits per heavy atom. The van der Waals surface area contributed by atoms with Crippen molar-refractivity contribution in [1.82, 2.24) is 24.9 Å². The normalized spacial score (nSPS) is 18.7. The molecule has 0 aromatic carbocycles. The van der Waals surface area contributed by atoms with Crippen LogP contribution in [0.3, 0.4) is 0 Å². The Morgan fingerprint density at radius 2 is 2.23 bits per heavy atom. The van der Waals surface area contributed by atoms with Crippen LogP contribution in [0.15, 0.2) is 12.4 Å². The van der Waals surface area contributed by atoms with Gasteiger partial charge in [-0.15, -0.1) is 0 Å². The number of carbonyl (C=O) groups is 1. The zero-order chi connectivity index (χ0) is 15.7. The number of rotatable bonds is 3. The van der Waals surface area contributed by atoms with Crippen molar-refractivity contribution in [1.29, 1.82) is 0 Å². The summed E-state index contributed by atoms with van der Waals surface area (Å²) in [6.07, 6.45) is 6.86. The SMILES string of the molecule is CCn1cc(C(=O)N2CCCC[C@@H]2c2[nH]ncc2C)c(C)n1. The summed E-state index contributed by atoms with van der Waals surface area (Å²) in [5, 5.41) is 11.6. The van der Waals surface area contributed by atoms with Crippen LogP contribution in [-0.2, 0) is 6.54 Å². The summed E-state index contributed by atoms with van der Waals surface area (Å²) in [5.41, 5.74) is 3.70. The lowest BCUT2D eigenvalue weighted by atomic mass is 9.96. The number of nitrogens with zero attached hydrogens (tertiary/aromatic N) is 4. The van der Waals surface area contributed by atoms with Crippen LogP contribution in [0.25, 0.3) is 0 Å². The Kier molecular flexibility index (Phi) is 4.00. The third-order valence-corrected chi connectivity index (χ3v) is 4.47. The number of aryl methyl sites for hydroxylation is 3. The van der Waals surface area contributed by atoms with Gasteiger partial charge < -0.3 is 4.90 Å². The number of amides is 1.